The number of para-hydroxylation sites is 3. The molecule has 0 spiro atoms. The Balaban J connectivity index is 1.20. The molecule has 0 bridgehead atoms. The van der Waals surface area contributed by atoms with Crippen molar-refractivity contribution in [2.45, 2.75) is 0 Å². The molecule has 0 unspecified atom stereocenters. The topological polar surface area (TPSA) is 49.2 Å². The van der Waals surface area contributed by atoms with Crippen LogP contribution in [0.5, 0.6) is 23.0 Å². The molecule has 5 nitrogen and oxygen atoms in total. The summed E-state index contributed by atoms with van der Waals surface area (Å²) in [5.41, 5.74) is 6.93. The van der Waals surface area contributed by atoms with E-state index in [4.69, 9.17) is 19.4 Å². The van der Waals surface area contributed by atoms with E-state index in [1.54, 1.807) is 0 Å². The van der Waals surface area contributed by atoms with E-state index in [2.05, 4.69) is 89.5 Å². The second-order valence-corrected chi connectivity index (χ2v) is 11.8. The Morgan fingerprint density at radius 2 is 1.11 bits per heavy atom. The highest BCUT2D eigenvalue weighted by Crippen LogP contribution is 2.51. The predicted molar refractivity (Wildman–Crippen MR) is 189 cm³/mol. The molecule has 5 heteroatoms. The highest BCUT2D eigenvalue weighted by atomic mass is 16.6. The van der Waals surface area contributed by atoms with Crippen LogP contribution in [-0.4, -0.2) is 14.5 Å². The molecule has 1 aliphatic rings. The summed E-state index contributed by atoms with van der Waals surface area (Å²) in [6.07, 6.45) is 0. The van der Waals surface area contributed by atoms with Crippen molar-refractivity contribution in [2.24, 2.45) is 0 Å². The largest absolute Gasteiger partial charge is 0.449 e. The van der Waals surface area contributed by atoms with Crippen molar-refractivity contribution in [3.05, 3.63) is 152 Å². The lowest BCUT2D eigenvalue weighted by Gasteiger charge is -2.22. The third kappa shape index (κ3) is 3.97. The van der Waals surface area contributed by atoms with E-state index in [1.165, 1.54) is 10.8 Å². The molecule has 0 saturated heterocycles. The van der Waals surface area contributed by atoms with Crippen molar-refractivity contribution in [1.82, 2.24) is 14.5 Å². The van der Waals surface area contributed by atoms with Crippen molar-refractivity contribution < 1.29 is 9.47 Å². The first-order chi connectivity index (χ1) is 23.3. The highest BCUT2D eigenvalue weighted by Gasteiger charge is 2.26. The summed E-state index contributed by atoms with van der Waals surface area (Å²) in [4.78, 5) is 10.1. The molecule has 0 saturated carbocycles. The van der Waals surface area contributed by atoms with Crippen LogP contribution in [0, 0.1) is 0 Å². The molecule has 0 amide bonds. The molecule has 0 atom stereocenters. The summed E-state index contributed by atoms with van der Waals surface area (Å²) in [5, 5.41) is 5.63. The molecule has 1 aliphatic heterocycles. The van der Waals surface area contributed by atoms with E-state index >= 15 is 0 Å². The second kappa shape index (κ2) is 10.0. The lowest BCUT2D eigenvalue weighted by Crippen LogP contribution is -2.02. The number of benzene rings is 7. The van der Waals surface area contributed by atoms with Crippen molar-refractivity contribution in [3.63, 3.8) is 0 Å². The minimum Gasteiger partial charge on any atom is -0.449 e. The van der Waals surface area contributed by atoms with Crippen molar-refractivity contribution >= 4 is 43.5 Å². The van der Waals surface area contributed by atoms with Gasteiger partial charge < -0.3 is 14.0 Å². The number of rotatable bonds is 3. The minimum absolute atomic E-state index is 0.687. The summed E-state index contributed by atoms with van der Waals surface area (Å²) >= 11 is 0. The molecule has 0 fully saturated rings. The van der Waals surface area contributed by atoms with Crippen LogP contribution in [0.4, 0.5) is 0 Å². The van der Waals surface area contributed by atoms with Gasteiger partial charge in [-0.05, 0) is 60.0 Å². The average molecular weight is 604 g/mol. The Kier molecular flexibility index (Phi) is 5.51. The Morgan fingerprint density at radius 3 is 1.96 bits per heavy atom. The number of aromatic nitrogens is 3. The first-order valence-corrected chi connectivity index (χ1v) is 15.7. The highest BCUT2D eigenvalue weighted by molar-refractivity contribution is 6.20. The first-order valence-electron chi connectivity index (χ1n) is 15.7. The minimum atomic E-state index is 0.687. The lowest BCUT2D eigenvalue weighted by atomic mass is 10.1. The van der Waals surface area contributed by atoms with E-state index in [0.29, 0.717) is 28.8 Å². The van der Waals surface area contributed by atoms with Gasteiger partial charge >= 0.3 is 0 Å². The molecule has 10 rings (SSSR count). The fourth-order valence-electron chi connectivity index (χ4n) is 6.88. The van der Waals surface area contributed by atoms with Crippen LogP contribution in [0.25, 0.3) is 71.8 Å². The van der Waals surface area contributed by atoms with Gasteiger partial charge in [0.25, 0.3) is 0 Å². The molecular formula is C42H25N3O2. The summed E-state index contributed by atoms with van der Waals surface area (Å²) in [7, 11) is 0. The Bertz CT molecular complexity index is 2680. The van der Waals surface area contributed by atoms with Crippen LogP contribution in [0.1, 0.15) is 0 Å². The van der Waals surface area contributed by atoms with Crippen LogP contribution in [0.3, 0.4) is 0 Å². The van der Waals surface area contributed by atoms with Gasteiger partial charge in [0.2, 0.25) is 0 Å². The number of hydrogen-bond donors (Lipinski definition) is 0. The molecule has 0 N–H and O–H groups in total. The molecule has 220 valence electrons. The molecule has 0 radical (unpaired) electrons. The zero-order valence-corrected chi connectivity index (χ0v) is 25.1. The van der Waals surface area contributed by atoms with Crippen molar-refractivity contribution in [3.8, 4) is 51.3 Å². The van der Waals surface area contributed by atoms with E-state index in [0.717, 1.165) is 55.2 Å². The summed E-state index contributed by atoms with van der Waals surface area (Å²) in [6, 6.07) is 51.9. The molecule has 9 aromatic rings. The maximum atomic E-state index is 6.62. The fraction of sp³-hybridized carbons (Fsp3) is 0. The number of hydrogen-bond acceptors (Lipinski definition) is 4. The zero-order valence-electron chi connectivity index (χ0n) is 25.1. The Morgan fingerprint density at radius 1 is 0.426 bits per heavy atom. The molecule has 3 heterocycles. The maximum absolute atomic E-state index is 6.62. The fourth-order valence-corrected chi connectivity index (χ4v) is 6.88. The van der Waals surface area contributed by atoms with Crippen LogP contribution >= 0.6 is 0 Å². The third-order valence-corrected chi connectivity index (χ3v) is 9.05. The first kappa shape index (κ1) is 25.8. The van der Waals surface area contributed by atoms with Gasteiger partial charge in [0, 0.05) is 38.4 Å². The summed E-state index contributed by atoms with van der Waals surface area (Å²) in [5.74, 6) is 3.50. The molecular weight excluding hydrogens is 578 g/mol. The van der Waals surface area contributed by atoms with Crippen LogP contribution in [-0.2, 0) is 0 Å². The van der Waals surface area contributed by atoms with Gasteiger partial charge in [-0.1, -0.05) is 97.1 Å². The number of nitrogens with zero attached hydrogens (tertiary/aromatic N) is 3. The molecule has 47 heavy (non-hydrogen) atoms. The maximum Gasteiger partial charge on any atom is 0.194 e. The van der Waals surface area contributed by atoms with Gasteiger partial charge in [-0.2, -0.15) is 0 Å². The average Bonchev–Trinajstić information content (AvgIpc) is 3.49. The molecule has 7 aromatic carbocycles. The third-order valence-electron chi connectivity index (χ3n) is 9.05. The van der Waals surface area contributed by atoms with Crippen LogP contribution < -0.4 is 9.47 Å². The van der Waals surface area contributed by atoms with Crippen LogP contribution in [0.2, 0.25) is 0 Å². The van der Waals surface area contributed by atoms with E-state index < -0.39 is 0 Å². The van der Waals surface area contributed by atoms with Gasteiger partial charge in [-0.3, -0.25) is 0 Å². The van der Waals surface area contributed by atoms with Gasteiger partial charge in [0.05, 0.1) is 16.7 Å². The quantitative estimate of drug-likeness (QED) is 0.202. The monoisotopic (exact) mass is 603 g/mol. The summed E-state index contributed by atoms with van der Waals surface area (Å²) < 4.78 is 15.3. The normalized spacial score (nSPS) is 12.2. The Labute approximate surface area is 269 Å². The van der Waals surface area contributed by atoms with Gasteiger partial charge in [0.1, 0.15) is 5.52 Å². The Hall–Kier alpha value is -6.46. The van der Waals surface area contributed by atoms with E-state index in [1.807, 2.05) is 66.7 Å². The van der Waals surface area contributed by atoms with Gasteiger partial charge in [-0.25, -0.2) is 9.97 Å². The lowest BCUT2D eigenvalue weighted by molar-refractivity contribution is 0.362. The second-order valence-electron chi connectivity index (χ2n) is 11.8. The zero-order chi connectivity index (χ0) is 30.9. The standard InChI is InChI=1S/C42H25N3O2/c1-2-11-27(12-3-1)38-33-14-6-7-15-34(33)43-42(44-38)28-18-21-29(22-19-28)45-39-30-13-5-4-10-26(30)20-23-31(39)32-24-25-37-41(40(32)45)47-36-17-9-8-16-35(36)46-37/h1-25H. The van der Waals surface area contributed by atoms with Crippen molar-refractivity contribution in [2.75, 3.05) is 0 Å². The van der Waals surface area contributed by atoms with E-state index in [-0.39, 0.29) is 0 Å². The SMILES string of the molecule is c1ccc(-c2nc(-c3ccc(-n4c5c6c(ccc5c5ccc7ccccc7c54)Oc4ccccc4O6)cc3)nc3ccccc23)cc1. The molecule has 0 aliphatic carbocycles. The number of fused-ring (bicyclic) bond motifs is 9. The van der Waals surface area contributed by atoms with Gasteiger partial charge in [-0.15, -0.1) is 0 Å². The van der Waals surface area contributed by atoms with Crippen molar-refractivity contribution in [1.29, 1.82) is 0 Å². The van der Waals surface area contributed by atoms with Gasteiger partial charge in [0.15, 0.2) is 28.8 Å². The summed E-state index contributed by atoms with van der Waals surface area (Å²) in [6.45, 7) is 0. The smallest absolute Gasteiger partial charge is 0.194 e. The number of ether oxygens (including phenoxy) is 2. The predicted octanol–water partition coefficient (Wildman–Crippen LogP) is 11.1. The van der Waals surface area contributed by atoms with E-state index in [9.17, 15) is 0 Å². The van der Waals surface area contributed by atoms with Crippen LogP contribution in [0.15, 0.2) is 152 Å². The molecule has 2 aromatic heterocycles.